The van der Waals surface area contributed by atoms with Gasteiger partial charge in [0.05, 0.1) is 0 Å². The van der Waals surface area contributed by atoms with Crippen molar-refractivity contribution in [2.24, 2.45) is 0 Å². The topological polar surface area (TPSA) is 21.3 Å². The zero-order valence-electron chi connectivity index (χ0n) is 29.7. The summed E-state index contributed by atoms with van der Waals surface area (Å²) in [6, 6.07) is 48.0. The van der Waals surface area contributed by atoms with E-state index in [9.17, 15) is 0 Å². The van der Waals surface area contributed by atoms with Gasteiger partial charge >= 0.3 is 6.85 Å². The van der Waals surface area contributed by atoms with E-state index in [-0.39, 0.29) is 6.85 Å². The minimum Gasteiger partial charge on any atom is -0.456 e. The quantitative estimate of drug-likeness (QED) is 0.157. The Morgan fingerprint density at radius 3 is 2.10 bits per heavy atom. The van der Waals surface area contributed by atoms with Crippen molar-refractivity contribution < 1.29 is 4.42 Å². The number of nitrogens with zero attached hydrogens (tertiary/aromatic N) is 2. The zero-order valence-corrected chi connectivity index (χ0v) is 29.7. The van der Waals surface area contributed by atoms with Crippen LogP contribution in [0.15, 0.2) is 132 Å². The van der Waals surface area contributed by atoms with Gasteiger partial charge in [0.15, 0.2) is 0 Å². The second-order valence-electron chi connectivity index (χ2n) is 14.9. The molecule has 0 atom stereocenters. The molecule has 52 heavy (non-hydrogen) atoms. The van der Waals surface area contributed by atoms with Gasteiger partial charge in [-0.2, -0.15) is 0 Å². The fraction of sp³-hybridized carbons (Fsp3) is 0.167. The van der Waals surface area contributed by atoms with Gasteiger partial charge in [0.2, 0.25) is 0 Å². The van der Waals surface area contributed by atoms with Gasteiger partial charge in [0, 0.05) is 61.3 Å². The number of aromatic nitrogens is 1. The number of unbranched alkanes of at least 4 members (excludes halogenated alkanes) is 2. The molecule has 0 aliphatic carbocycles. The van der Waals surface area contributed by atoms with Crippen LogP contribution in [0.4, 0.5) is 17.1 Å². The normalized spacial score (nSPS) is 13.2. The summed E-state index contributed by atoms with van der Waals surface area (Å²) >= 11 is 0. The molecule has 2 aromatic heterocycles. The molecule has 0 radical (unpaired) electrons. The van der Waals surface area contributed by atoms with E-state index in [4.69, 9.17) is 4.42 Å². The number of anilines is 3. The maximum Gasteiger partial charge on any atom is 0.333 e. The third-order valence-electron chi connectivity index (χ3n) is 11.9. The highest BCUT2D eigenvalue weighted by molar-refractivity contribution is 6.92. The molecular formula is C48H39BN2O. The Bertz CT molecular complexity index is 2890. The number of hydrogen-bond donors (Lipinski definition) is 0. The molecule has 0 N–H and O–H groups in total. The number of fused-ring (bicyclic) bond motifs is 13. The molecule has 11 rings (SSSR count). The van der Waals surface area contributed by atoms with Gasteiger partial charge in [-0.05, 0) is 94.4 Å². The Morgan fingerprint density at radius 2 is 1.29 bits per heavy atom. The van der Waals surface area contributed by atoms with Gasteiger partial charge < -0.3 is 13.8 Å². The Hall–Kier alpha value is -5.74. The van der Waals surface area contributed by atoms with E-state index in [1.807, 2.05) is 0 Å². The predicted octanol–water partition coefficient (Wildman–Crippen LogP) is 11.9. The van der Waals surface area contributed by atoms with Crippen LogP contribution in [0.3, 0.4) is 0 Å². The van der Waals surface area contributed by atoms with Crippen molar-refractivity contribution in [3.8, 4) is 11.1 Å². The van der Waals surface area contributed by atoms with Crippen LogP contribution in [0.1, 0.15) is 50.7 Å². The van der Waals surface area contributed by atoms with Crippen molar-refractivity contribution in [3.63, 3.8) is 0 Å². The van der Waals surface area contributed by atoms with Crippen molar-refractivity contribution in [3.05, 3.63) is 139 Å². The molecule has 3 nitrogen and oxygen atoms in total. The summed E-state index contributed by atoms with van der Waals surface area (Å²) in [5.74, 6) is 0. The molecule has 9 aromatic rings. The van der Waals surface area contributed by atoms with Crippen LogP contribution in [-0.2, 0) is 12.8 Å². The van der Waals surface area contributed by atoms with E-state index in [0.29, 0.717) is 0 Å². The minimum atomic E-state index is -0.0273. The molecule has 0 unspecified atom stereocenters. The lowest BCUT2D eigenvalue weighted by Gasteiger charge is -2.41. The van der Waals surface area contributed by atoms with Gasteiger partial charge in [0.1, 0.15) is 11.2 Å². The molecule has 0 fully saturated rings. The summed E-state index contributed by atoms with van der Waals surface area (Å²) in [6.07, 6.45) is 6.92. The van der Waals surface area contributed by atoms with Crippen molar-refractivity contribution in [2.45, 2.75) is 52.4 Å². The molecule has 250 valence electrons. The van der Waals surface area contributed by atoms with E-state index in [0.717, 1.165) is 24.0 Å². The molecule has 0 saturated carbocycles. The lowest BCUT2D eigenvalue weighted by atomic mass is 9.44. The van der Waals surface area contributed by atoms with E-state index in [1.54, 1.807) is 0 Å². The molecular weight excluding hydrogens is 631 g/mol. The summed E-state index contributed by atoms with van der Waals surface area (Å²) in [5, 5.41) is 7.57. The third kappa shape index (κ3) is 4.09. The molecule has 0 bridgehead atoms. The smallest absolute Gasteiger partial charge is 0.333 e. The van der Waals surface area contributed by atoms with Crippen LogP contribution in [0.25, 0.3) is 65.6 Å². The number of furan rings is 1. The second-order valence-corrected chi connectivity index (χ2v) is 14.9. The van der Waals surface area contributed by atoms with Crippen LogP contribution in [-0.4, -0.2) is 11.3 Å². The fourth-order valence-corrected chi connectivity index (χ4v) is 9.65. The number of benzene rings is 7. The largest absolute Gasteiger partial charge is 0.456 e. The van der Waals surface area contributed by atoms with Crippen LogP contribution in [0.5, 0.6) is 0 Å². The average molecular weight is 671 g/mol. The minimum absolute atomic E-state index is 0.0273. The molecule has 4 heterocycles. The standard InChI is InChI=1S/C48H39BN2O/c1-3-5-14-30-26-31(15-6-4-2)28-33(27-30)50-40-25-24-32-16-7-8-17-34(32)46(40)49-47-41(50)29-43-44(37-19-10-12-23-42(37)52-43)45(47)38-21-13-20-36-35-18-9-11-22-39(35)51(49)48(36)38/h7-13,16-29H,3-6,14-15H2,1-2H3. The summed E-state index contributed by atoms with van der Waals surface area (Å²) < 4.78 is 9.50. The lowest BCUT2D eigenvalue weighted by Crippen LogP contribution is -2.57. The highest BCUT2D eigenvalue weighted by atomic mass is 16.3. The Morgan fingerprint density at radius 1 is 0.577 bits per heavy atom. The first-order valence-corrected chi connectivity index (χ1v) is 19.2. The zero-order chi connectivity index (χ0) is 34.5. The third-order valence-corrected chi connectivity index (χ3v) is 11.9. The molecule has 4 heteroatoms. The number of rotatable bonds is 7. The number of aryl methyl sites for hydroxylation is 2. The first-order chi connectivity index (χ1) is 25.7. The highest BCUT2D eigenvalue weighted by Crippen LogP contribution is 2.50. The Balaban J connectivity index is 1.34. The van der Waals surface area contributed by atoms with Crippen molar-refractivity contribution in [1.29, 1.82) is 0 Å². The van der Waals surface area contributed by atoms with Crippen LogP contribution >= 0.6 is 0 Å². The van der Waals surface area contributed by atoms with Crippen LogP contribution < -0.4 is 15.8 Å². The first-order valence-electron chi connectivity index (χ1n) is 19.2. The molecule has 2 aliphatic heterocycles. The molecule has 2 aliphatic rings. The monoisotopic (exact) mass is 670 g/mol. The van der Waals surface area contributed by atoms with Gasteiger partial charge in [-0.15, -0.1) is 0 Å². The summed E-state index contributed by atoms with van der Waals surface area (Å²) in [7, 11) is 0. The first kappa shape index (κ1) is 29.9. The molecule has 0 spiro atoms. The van der Waals surface area contributed by atoms with Crippen LogP contribution in [0, 0.1) is 0 Å². The maximum absolute atomic E-state index is 6.83. The maximum atomic E-state index is 6.83. The molecule has 0 saturated heterocycles. The summed E-state index contributed by atoms with van der Waals surface area (Å²) in [5.41, 5.74) is 16.3. The van der Waals surface area contributed by atoms with Gasteiger partial charge in [-0.25, -0.2) is 0 Å². The molecule has 0 amide bonds. The van der Waals surface area contributed by atoms with Crippen molar-refractivity contribution in [2.75, 3.05) is 4.90 Å². The second kappa shape index (κ2) is 11.4. The van der Waals surface area contributed by atoms with Crippen molar-refractivity contribution >= 4 is 89.4 Å². The summed E-state index contributed by atoms with van der Waals surface area (Å²) in [6.45, 7) is 4.56. The fourth-order valence-electron chi connectivity index (χ4n) is 9.65. The van der Waals surface area contributed by atoms with Crippen molar-refractivity contribution in [1.82, 2.24) is 4.48 Å². The predicted molar refractivity (Wildman–Crippen MR) is 222 cm³/mol. The summed E-state index contributed by atoms with van der Waals surface area (Å²) in [4.78, 5) is 2.59. The van der Waals surface area contributed by atoms with Gasteiger partial charge in [-0.1, -0.05) is 118 Å². The van der Waals surface area contributed by atoms with E-state index >= 15 is 0 Å². The van der Waals surface area contributed by atoms with Gasteiger partial charge in [0.25, 0.3) is 0 Å². The number of hydrogen-bond acceptors (Lipinski definition) is 2. The highest BCUT2D eigenvalue weighted by Gasteiger charge is 2.45. The molecule has 7 aromatic carbocycles. The average Bonchev–Trinajstić information content (AvgIpc) is 3.73. The Kier molecular flexibility index (Phi) is 6.56. The van der Waals surface area contributed by atoms with E-state index in [2.05, 4.69) is 151 Å². The van der Waals surface area contributed by atoms with E-state index < -0.39 is 0 Å². The lowest BCUT2D eigenvalue weighted by molar-refractivity contribution is 0.669. The van der Waals surface area contributed by atoms with E-state index in [1.165, 1.54) is 119 Å². The Labute approximate surface area is 304 Å². The van der Waals surface area contributed by atoms with Crippen LogP contribution in [0.2, 0.25) is 0 Å². The SMILES string of the molecule is CCCCc1cc(CCCC)cc(N2c3cc4oc5ccccc5c4c4c3B(c3c2ccc2ccccc32)n2c3ccccc3c3cccc-4c32)c1. The number of para-hydroxylation sites is 3. The van der Waals surface area contributed by atoms with Gasteiger partial charge in [-0.3, -0.25) is 0 Å².